The van der Waals surface area contributed by atoms with Gasteiger partial charge in [-0.25, -0.2) is 4.39 Å². The second kappa shape index (κ2) is 5.92. The number of carbonyl (C=O) groups excluding carboxylic acids is 1. The van der Waals surface area contributed by atoms with Crippen LogP contribution >= 0.6 is 0 Å². The number of amides is 1. The average molecular weight is 350 g/mol. The largest absolute Gasteiger partial charge is 0.312 e. The quantitative estimate of drug-likeness (QED) is 0.845. The molecular weight excluding hydrogens is 327 g/mol. The number of halogens is 1. The summed E-state index contributed by atoms with van der Waals surface area (Å²) in [6.07, 6.45) is 5.04. The zero-order valence-electron chi connectivity index (χ0n) is 14.9. The number of hydrogen-bond acceptors (Lipinski definition) is 2. The molecule has 2 aromatic rings. The molecule has 134 valence electrons. The van der Waals surface area contributed by atoms with Crippen LogP contribution < -0.4 is 10.2 Å². The van der Waals surface area contributed by atoms with Crippen molar-refractivity contribution in [2.75, 3.05) is 18.0 Å². The Kier molecular flexibility index (Phi) is 3.64. The van der Waals surface area contributed by atoms with E-state index in [-0.39, 0.29) is 17.1 Å². The summed E-state index contributed by atoms with van der Waals surface area (Å²) in [4.78, 5) is 15.4. The lowest BCUT2D eigenvalue weighted by Crippen LogP contribution is -2.37. The first-order chi connectivity index (χ1) is 12.7. The van der Waals surface area contributed by atoms with Gasteiger partial charge in [0.25, 0.3) is 5.91 Å². The smallest absolute Gasteiger partial charge is 0.258 e. The van der Waals surface area contributed by atoms with Gasteiger partial charge in [-0.1, -0.05) is 31.0 Å². The number of hydrogen-bond donors (Lipinski definition) is 1. The van der Waals surface area contributed by atoms with Gasteiger partial charge in [-0.05, 0) is 55.1 Å². The van der Waals surface area contributed by atoms with Gasteiger partial charge in [-0.15, -0.1) is 0 Å². The number of nitrogens with zero attached hydrogens (tertiary/aromatic N) is 1. The molecule has 1 aliphatic carbocycles. The minimum atomic E-state index is -0.188. The fourth-order valence-corrected chi connectivity index (χ4v) is 5.25. The van der Waals surface area contributed by atoms with Crippen molar-refractivity contribution in [3.63, 3.8) is 0 Å². The highest BCUT2D eigenvalue weighted by molar-refractivity contribution is 6.09. The van der Waals surface area contributed by atoms with Crippen molar-refractivity contribution < 1.29 is 9.18 Å². The lowest BCUT2D eigenvalue weighted by molar-refractivity contribution is 0.0983. The molecule has 2 aliphatic heterocycles. The van der Waals surface area contributed by atoms with Crippen molar-refractivity contribution in [2.45, 2.75) is 44.1 Å². The Hall–Kier alpha value is -2.20. The number of nitrogens with one attached hydrogen (secondary N) is 1. The van der Waals surface area contributed by atoms with Crippen molar-refractivity contribution in [3.8, 4) is 0 Å². The first-order valence-electron chi connectivity index (χ1n) is 9.62. The van der Waals surface area contributed by atoms with Crippen molar-refractivity contribution in [2.24, 2.45) is 0 Å². The molecule has 2 heterocycles. The van der Waals surface area contributed by atoms with E-state index in [9.17, 15) is 9.18 Å². The number of anilines is 1. The van der Waals surface area contributed by atoms with Crippen LogP contribution in [0.4, 0.5) is 10.1 Å². The molecule has 1 saturated carbocycles. The highest BCUT2D eigenvalue weighted by Gasteiger charge is 2.48. The molecular formula is C22H23FN2O. The van der Waals surface area contributed by atoms with E-state index in [0.717, 1.165) is 67.6 Å². The van der Waals surface area contributed by atoms with Crippen LogP contribution in [-0.2, 0) is 18.4 Å². The maximum atomic E-state index is 14.8. The summed E-state index contributed by atoms with van der Waals surface area (Å²) < 4.78 is 14.8. The first-order valence-corrected chi connectivity index (χ1v) is 9.62. The molecule has 1 amide bonds. The van der Waals surface area contributed by atoms with Gasteiger partial charge in [0.05, 0.1) is 5.69 Å². The second-order valence-corrected chi connectivity index (χ2v) is 7.88. The van der Waals surface area contributed by atoms with Gasteiger partial charge in [0.1, 0.15) is 5.82 Å². The Labute approximate surface area is 153 Å². The van der Waals surface area contributed by atoms with Gasteiger partial charge in [0, 0.05) is 29.6 Å². The van der Waals surface area contributed by atoms with Crippen LogP contribution in [0.1, 0.15) is 52.7 Å². The van der Waals surface area contributed by atoms with Crippen molar-refractivity contribution >= 4 is 11.6 Å². The highest BCUT2D eigenvalue weighted by atomic mass is 19.1. The van der Waals surface area contributed by atoms with Crippen molar-refractivity contribution in [1.29, 1.82) is 0 Å². The lowest BCUT2D eigenvalue weighted by Gasteiger charge is -2.26. The molecule has 0 aromatic heterocycles. The highest BCUT2D eigenvalue weighted by Crippen LogP contribution is 2.51. The second-order valence-electron chi connectivity index (χ2n) is 7.88. The Morgan fingerprint density at radius 3 is 2.77 bits per heavy atom. The van der Waals surface area contributed by atoms with Crippen LogP contribution in [0.25, 0.3) is 0 Å². The van der Waals surface area contributed by atoms with Crippen LogP contribution in [0.3, 0.4) is 0 Å². The molecule has 0 radical (unpaired) electrons. The fraction of sp³-hybridized carbons (Fsp3) is 0.409. The van der Waals surface area contributed by atoms with Crippen LogP contribution in [-0.4, -0.2) is 19.0 Å². The molecule has 4 heteroatoms. The van der Waals surface area contributed by atoms with Crippen LogP contribution in [0, 0.1) is 5.82 Å². The summed E-state index contributed by atoms with van der Waals surface area (Å²) in [7, 11) is 0. The molecule has 0 unspecified atom stereocenters. The third-order valence-electron chi connectivity index (χ3n) is 6.45. The normalized spacial score (nSPS) is 20.3. The number of carbonyl (C=O) groups is 1. The van der Waals surface area contributed by atoms with Gasteiger partial charge in [0.2, 0.25) is 0 Å². The first kappa shape index (κ1) is 16.0. The summed E-state index contributed by atoms with van der Waals surface area (Å²) in [6, 6.07) is 11.2. The topological polar surface area (TPSA) is 32.3 Å². The summed E-state index contributed by atoms with van der Waals surface area (Å²) in [5.41, 5.74) is 4.51. The van der Waals surface area contributed by atoms with E-state index in [2.05, 4.69) is 11.4 Å². The monoisotopic (exact) mass is 350 g/mol. The van der Waals surface area contributed by atoms with E-state index in [1.54, 1.807) is 12.1 Å². The Bertz CT molecular complexity index is 886. The third-order valence-corrected chi connectivity index (χ3v) is 6.45. The zero-order valence-corrected chi connectivity index (χ0v) is 14.9. The third kappa shape index (κ3) is 2.25. The predicted molar refractivity (Wildman–Crippen MR) is 100 cm³/mol. The van der Waals surface area contributed by atoms with Crippen LogP contribution in [0.15, 0.2) is 36.4 Å². The Morgan fingerprint density at radius 2 is 1.92 bits per heavy atom. The molecule has 26 heavy (non-hydrogen) atoms. The molecule has 2 aromatic carbocycles. The molecule has 0 saturated heterocycles. The molecule has 3 nitrogen and oxygen atoms in total. The van der Waals surface area contributed by atoms with E-state index in [4.69, 9.17) is 0 Å². The van der Waals surface area contributed by atoms with Gasteiger partial charge in [-0.2, -0.15) is 0 Å². The molecule has 1 spiro atoms. The Balaban J connectivity index is 1.60. The lowest BCUT2D eigenvalue weighted by atomic mass is 9.80. The van der Waals surface area contributed by atoms with Gasteiger partial charge >= 0.3 is 0 Å². The Morgan fingerprint density at radius 1 is 1.12 bits per heavy atom. The summed E-state index contributed by atoms with van der Waals surface area (Å²) in [5.74, 6) is -0.127. The zero-order chi connectivity index (χ0) is 17.7. The van der Waals surface area contributed by atoms with Gasteiger partial charge in [0.15, 0.2) is 0 Å². The number of fused-ring (bicyclic) bond motifs is 3. The van der Waals surface area contributed by atoms with Crippen LogP contribution in [0.5, 0.6) is 0 Å². The van der Waals surface area contributed by atoms with Gasteiger partial charge in [-0.3, -0.25) is 4.79 Å². The molecule has 0 atom stereocenters. The predicted octanol–water partition coefficient (Wildman–Crippen LogP) is 3.94. The average Bonchev–Trinajstić information content (AvgIpc) is 3.27. The molecule has 0 bridgehead atoms. The summed E-state index contributed by atoms with van der Waals surface area (Å²) in [6.45, 7) is 2.32. The van der Waals surface area contributed by atoms with E-state index in [0.29, 0.717) is 6.54 Å². The van der Waals surface area contributed by atoms with E-state index in [1.807, 2.05) is 23.1 Å². The maximum absolute atomic E-state index is 14.8. The molecule has 1 N–H and O–H groups in total. The van der Waals surface area contributed by atoms with E-state index < -0.39 is 0 Å². The number of rotatable bonds is 1. The van der Waals surface area contributed by atoms with E-state index >= 15 is 0 Å². The minimum absolute atomic E-state index is 0.0272. The molecule has 3 aliphatic rings. The molecule has 1 fully saturated rings. The minimum Gasteiger partial charge on any atom is -0.312 e. The number of benzene rings is 2. The summed E-state index contributed by atoms with van der Waals surface area (Å²) in [5, 5.41) is 3.36. The maximum Gasteiger partial charge on any atom is 0.258 e. The SMILES string of the molecule is O=C(c1cccc2c1CCNC2)N1CC2(CCCC2)c2c(F)cccc21. The fourth-order valence-electron chi connectivity index (χ4n) is 5.25. The molecule has 5 rings (SSSR count). The van der Waals surface area contributed by atoms with Gasteiger partial charge < -0.3 is 10.2 Å². The summed E-state index contributed by atoms with van der Waals surface area (Å²) >= 11 is 0. The van der Waals surface area contributed by atoms with Crippen LogP contribution in [0.2, 0.25) is 0 Å². The standard InChI is InChI=1S/C22H23FN2O/c23-18-7-4-8-19-20(18)22(10-1-2-11-22)14-25(19)21(26)17-6-3-5-15-13-24-12-9-16(15)17/h3-8,24H,1-2,9-14H2. The van der Waals surface area contributed by atoms with Crippen molar-refractivity contribution in [1.82, 2.24) is 5.32 Å². The van der Waals surface area contributed by atoms with E-state index in [1.165, 1.54) is 5.56 Å². The van der Waals surface area contributed by atoms with Crippen molar-refractivity contribution in [3.05, 3.63) is 64.5 Å².